The Bertz CT molecular complexity index is 257. The highest BCUT2D eigenvalue weighted by Crippen LogP contribution is 2.29. The van der Waals surface area contributed by atoms with Crippen LogP contribution in [-0.2, 0) is 4.79 Å². The fourth-order valence-corrected chi connectivity index (χ4v) is 2.53. The molecule has 0 spiro atoms. The summed E-state index contributed by atoms with van der Waals surface area (Å²) in [5, 5.41) is 3.99. The van der Waals surface area contributed by atoms with Gasteiger partial charge in [0.25, 0.3) is 0 Å². The zero-order chi connectivity index (χ0) is 13.5. The van der Waals surface area contributed by atoms with Crippen LogP contribution in [0.4, 0.5) is 0 Å². The summed E-state index contributed by atoms with van der Waals surface area (Å²) in [6.45, 7) is 12.8. The van der Waals surface area contributed by atoms with Crippen LogP contribution in [0.1, 0.15) is 47.5 Å². The molecule has 2 unspecified atom stereocenters. The molecule has 0 saturated heterocycles. The molecule has 0 aliphatic carbocycles. The first-order valence-corrected chi connectivity index (χ1v) is 7.82. The summed E-state index contributed by atoms with van der Waals surface area (Å²) < 4.78 is 0. The summed E-state index contributed by atoms with van der Waals surface area (Å²) >= 11 is 0. The van der Waals surface area contributed by atoms with E-state index in [-0.39, 0.29) is 17.0 Å². The lowest BCUT2D eigenvalue weighted by Gasteiger charge is -2.23. The maximum absolute atomic E-state index is 11.9. The van der Waals surface area contributed by atoms with Crippen molar-refractivity contribution in [2.75, 3.05) is 6.66 Å². The predicted molar refractivity (Wildman–Crippen MR) is 78.2 cm³/mol. The van der Waals surface area contributed by atoms with E-state index in [9.17, 15) is 4.79 Å². The average Bonchev–Trinajstić information content (AvgIpc) is 2.19. The van der Waals surface area contributed by atoms with Crippen molar-refractivity contribution in [2.45, 2.75) is 53.1 Å². The maximum atomic E-state index is 11.9. The van der Waals surface area contributed by atoms with Crippen molar-refractivity contribution in [3.63, 3.8) is 0 Å². The van der Waals surface area contributed by atoms with Crippen molar-refractivity contribution in [3.05, 3.63) is 0 Å². The molecule has 0 bridgehead atoms. The minimum Gasteiger partial charge on any atom is -0.272 e. The Labute approximate surface area is 108 Å². The highest BCUT2D eigenvalue weighted by molar-refractivity contribution is 7.39. The summed E-state index contributed by atoms with van der Waals surface area (Å²) in [5.41, 5.74) is 2.93. The number of carbonyl (C=O) groups excluding carboxylic acids is 1. The molecule has 1 N–H and O–H groups in total. The Kier molecular flexibility index (Phi) is 7.61. The van der Waals surface area contributed by atoms with E-state index in [1.807, 2.05) is 0 Å². The number of nitrogens with zero attached hydrogens (tertiary/aromatic N) is 1. The standard InChI is InChI=1S/C13H27N2OP/c1-10(2)7-8-14-15-12(16)11(17-6)9-13(3,4)5/h8,10-11,17H,7,9H2,1-6H3,(H,15,16)/b14-8+. The molecule has 100 valence electrons. The topological polar surface area (TPSA) is 41.5 Å². The molecule has 0 aromatic carbocycles. The Morgan fingerprint density at radius 1 is 1.41 bits per heavy atom. The molecule has 2 atom stereocenters. The van der Waals surface area contributed by atoms with Crippen LogP contribution in [0, 0.1) is 11.3 Å². The largest absolute Gasteiger partial charge is 0.272 e. The molecule has 1 amide bonds. The number of hydrogen-bond acceptors (Lipinski definition) is 2. The SMILES string of the molecule is CPC(CC(C)(C)C)C(=O)N/N=C/CC(C)C. The van der Waals surface area contributed by atoms with Crippen LogP contribution in [0.2, 0.25) is 0 Å². The molecule has 0 heterocycles. The normalized spacial score (nSPS) is 15.0. The molecule has 0 aliphatic heterocycles. The molecule has 0 aromatic rings. The zero-order valence-corrected chi connectivity index (χ0v) is 13.0. The van der Waals surface area contributed by atoms with Gasteiger partial charge in [0.05, 0.1) is 5.66 Å². The fraction of sp³-hybridized carbons (Fsp3) is 0.846. The lowest BCUT2D eigenvalue weighted by Crippen LogP contribution is -2.31. The van der Waals surface area contributed by atoms with E-state index in [4.69, 9.17) is 0 Å². The molecule has 0 rings (SSSR count). The van der Waals surface area contributed by atoms with E-state index in [2.05, 4.69) is 51.8 Å². The van der Waals surface area contributed by atoms with Gasteiger partial charge in [-0.3, -0.25) is 4.79 Å². The van der Waals surface area contributed by atoms with Gasteiger partial charge < -0.3 is 0 Å². The molecular formula is C13H27N2OP. The summed E-state index contributed by atoms with van der Waals surface area (Å²) in [6.07, 6.45) is 3.60. The highest BCUT2D eigenvalue weighted by atomic mass is 31.1. The molecular weight excluding hydrogens is 231 g/mol. The van der Waals surface area contributed by atoms with E-state index in [1.165, 1.54) is 0 Å². The van der Waals surface area contributed by atoms with E-state index < -0.39 is 0 Å². The quantitative estimate of drug-likeness (QED) is 0.443. The first kappa shape index (κ1) is 16.6. The zero-order valence-electron chi connectivity index (χ0n) is 12.0. The monoisotopic (exact) mass is 258 g/mol. The van der Waals surface area contributed by atoms with Crippen molar-refractivity contribution in [3.8, 4) is 0 Å². The predicted octanol–water partition coefficient (Wildman–Crippen LogP) is 3.25. The average molecular weight is 258 g/mol. The van der Waals surface area contributed by atoms with Gasteiger partial charge in [0.1, 0.15) is 0 Å². The molecule has 0 fully saturated rings. The van der Waals surface area contributed by atoms with Gasteiger partial charge >= 0.3 is 0 Å². The highest BCUT2D eigenvalue weighted by Gasteiger charge is 2.23. The van der Waals surface area contributed by atoms with Crippen LogP contribution in [-0.4, -0.2) is 24.4 Å². The summed E-state index contributed by atoms with van der Waals surface area (Å²) in [7, 11) is 0.624. The Hall–Kier alpha value is -0.430. The van der Waals surface area contributed by atoms with Gasteiger partial charge in [-0.2, -0.15) is 5.10 Å². The Morgan fingerprint density at radius 2 is 2.00 bits per heavy atom. The van der Waals surface area contributed by atoms with Crippen molar-refractivity contribution < 1.29 is 4.79 Å². The van der Waals surface area contributed by atoms with Crippen molar-refractivity contribution in [1.29, 1.82) is 0 Å². The second kappa shape index (κ2) is 7.81. The Balaban J connectivity index is 4.13. The third-order valence-corrected chi connectivity index (χ3v) is 3.49. The third-order valence-electron chi connectivity index (χ3n) is 2.32. The smallest absolute Gasteiger partial charge is 0.247 e. The van der Waals surface area contributed by atoms with Gasteiger partial charge in [0.15, 0.2) is 0 Å². The lowest BCUT2D eigenvalue weighted by molar-refractivity contribution is -0.121. The van der Waals surface area contributed by atoms with Gasteiger partial charge in [-0.15, -0.1) is 8.58 Å². The summed E-state index contributed by atoms with van der Waals surface area (Å²) in [5.74, 6) is 0.634. The minimum absolute atomic E-state index is 0.0563. The molecule has 4 heteroatoms. The summed E-state index contributed by atoms with van der Waals surface area (Å²) in [4.78, 5) is 11.9. The number of rotatable bonds is 6. The van der Waals surface area contributed by atoms with Gasteiger partial charge in [-0.1, -0.05) is 34.6 Å². The molecule has 0 aromatic heterocycles. The molecule has 0 saturated carbocycles. The molecule has 3 nitrogen and oxygen atoms in total. The van der Waals surface area contributed by atoms with Crippen molar-refractivity contribution >= 4 is 20.7 Å². The Morgan fingerprint density at radius 3 is 2.41 bits per heavy atom. The van der Waals surface area contributed by atoms with Crippen molar-refractivity contribution in [1.82, 2.24) is 5.43 Å². The van der Waals surface area contributed by atoms with Gasteiger partial charge in [0, 0.05) is 6.21 Å². The van der Waals surface area contributed by atoms with Crippen LogP contribution in [0.5, 0.6) is 0 Å². The van der Waals surface area contributed by atoms with E-state index in [0.29, 0.717) is 14.5 Å². The maximum Gasteiger partial charge on any atom is 0.247 e. The second-order valence-electron chi connectivity index (χ2n) is 6.02. The van der Waals surface area contributed by atoms with Gasteiger partial charge in [-0.05, 0) is 30.8 Å². The number of hydrazone groups is 1. The van der Waals surface area contributed by atoms with Crippen LogP contribution in [0.25, 0.3) is 0 Å². The van der Waals surface area contributed by atoms with Crippen LogP contribution >= 0.6 is 8.58 Å². The van der Waals surface area contributed by atoms with Crippen molar-refractivity contribution in [2.24, 2.45) is 16.4 Å². The van der Waals surface area contributed by atoms with E-state index in [1.54, 1.807) is 6.21 Å². The van der Waals surface area contributed by atoms with Gasteiger partial charge in [0.2, 0.25) is 5.91 Å². The number of nitrogens with one attached hydrogen (secondary N) is 1. The molecule has 0 radical (unpaired) electrons. The number of hydrogen-bond donors (Lipinski definition) is 1. The lowest BCUT2D eigenvalue weighted by atomic mass is 9.90. The first-order chi connectivity index (χ1) is 7.76. The van der Waals surface area contributed by atoms with Gasteiger partial charge in [-0.25, -0.2) is 5.43 Å². The molecule has 0 aliphatic rings. The number of amides is 1. The minimum atomic E-state index is 0.0563. The van der Waals surface area contributed by atoms with Crippen LogP contribution < -0.4 is 5.43 Å². The van der Waals surface area contributed by atoms with Crippen LogP contribution in [0.3, 0.4) is 0 Å². The van der Waals surface area contributed by atoms with Crippen LogP contribution in [0.15, 0.2) is 5.10 Å². The second-order valence-corrected chi connectivity index (χ2v) is 7.30. The first-order valence-electron chi connectivity index (χ1n) is 6.25. The summed E-state index contributed by atoms with van der Waals surface area (Å²) in [6, 6.07) is 0. The number of carbonyl (C=O) groups is 1. The van der Waals surface area contributed by atoms with E-state index in [0.717, 1.165) is 12.8 Å². The van der Waals surface area contributed by atoms with E-state index >= 15 is 0 Å². The fourth-order valence-electron chi connectivity index (χ4n) is 1.39. The third kappa shape index (κ3) is 9.29. The molecule has 17 heavy (non-hydrogen) atoms.